The number of methoxy groups -OCH3 is 2. The van der Waals surface area contributed by atoms with Gasteiger partial charge in [-0.15, -0.1) is 0 Å². The summed E-state index contributed by atoms with van der Waals surface area (Å²) in [6.45, 7) is 2.18. The number of furan rings is 1. The van der Waals surface area contributed by atoms with Crippen LogP contribution in [-0.2, 0) is 20.9 Å². The number of ether oxygens (including phenoxy) is 2. The second-order valence-corrected chi connectivity index (χ2v) is 8.50. The van der Waals surface area contributed by atoms with Gasteiger partial charge in [0.15, 0.2) is 5.17 Å². The standard InChI is InChI=1S/C24H25N3O5S/c1-15-21(23(29)31-4)22(16-7-9-18(30-3)10-8-16)27-17(14-33-24(27)25-15)12-20(28)26(2)13-19-6-5-11-32-19/h5-11,14,22H,12-13H2,1-4H3/t22-/m0/s1. The summed E-state index contributed by atoms with van der Waals surface area (Å²) in [7, 11) is 4.70. The molecule has 2 aromatic rings. The van der Waals surface area contributed by atoms with E-state index in [9.17, 15) is 9.59 Å². The van der Waals surface area contributed by atoms with E-state index in [1.807, 2.05) is 40.6 Å². The monoisotopic (exact) mass is 467 g/mol. The lowest BCUT2D eigenvalue weighted by atomic mass is 9.93. The Bertz CT molecular complexity index is 1140. The van der Waals surface area contributed by atoms with E-state index in [4.69, 9.17) is 13.9 Å². The second kappa shape index (κ2) is 9.58. The maximum Gasteiger partial charge on any atom is 0.338 e. The molecule has 2 aliphatic heterocycles. The van der Waals surface area contributed by atoms with E-state index >= 15 is 0 Å². The van der Waals surface area contributed by atoms with Crippen molar-refractivity contribution in [1.82, 2.24) is 9.80 Å². The average Bonchev–Trinajstić information content (AvgIpc) is 3.47. The van der Waals surface area contributed by atoms with Gasteiger partial charge in [-0.2, -0.15) is 0 Å². The molecule has 0 N–H and O–H groups in total. The van der Waals surface area contributed by atoms with Crippen molar-refractivity contribution < 1.29 is 23.5 Å². The summed E-state index contributed by atoms with van der Waals surface area (Å²) in [5, 5.41) is 2.64. The molecule has 0 unspecified atom stereocenters. The molecule has 9 heteroatoms. The van der Waals surface area contributed by atoms with Gasteiger partial charge in [0, 0.05) is 12.7 Å². The van der Waals surface area contributed by atoms with E-state index in [2.05, 4.69) is 4.99 Å². The van der Waals surface area contributed by atoms with Gasteiger partial charge in [-0.3, -0.25) is 4.79 Å². The minimum Gasteiger partial charge on any atom is -0.497 e. The van der Waals surface area contributed by atoms with Crippen LogP contribution in [0.15, 0.2) is 74.4 Å². The normalized spacial score (nSPS) is 17.3. The molecule has 1 atom stereocenters. The van der Waals surface area contributed by atoms with Crippen molar-refractivity contribution in [2.24, 2.45) is 4.99 Å². The van der Waals surface area contributed by atoms with Crippen molar-refractivity contribution >= 4 is 28.8 Å². The van der Waals surface area contributed by atoms with Gasteiger partial charge in [-0.05, 0) is 42.2 Å². The molecule has 0 saturated heterocycles. The van der Waals surface area contributed by atoms with Gasteiger partial charge in [0.05, 0.1) is 50.8 Å². The fraction of sp³-hybridized carbons (Fsp3) is 0.292. The van der Waals surface area contributed by atoms with E-state index in [1.54, 1.807) is 38.3 Å². The highest BCUT2D eigenvalue weighted by Crippen LogP contribution is 2.45. The Balaban J connectivity index is 1.64. The number of benzene rings is 1. The van der Waals surface area contributed by atoms with Crippen molar-refractivity contribution in [2.75, 3.05) is 21.3 Å². The molecule has 33 heavy (non-hydrogen) atoms. The van der Waals surface area contributed by atoms with Gasteiger partial charge in [-0.25, -0.2) is 9.79 Å². The van der Waals surface area contributed by atoms with Crippen LogP contribution in [0.4, 0.5) is 0 Å². The van der Waals surface area contributed by atoms with Gasteiger partial charge in [-0.1, -0.05) is 23.9 Å². The first-order valence-corrected chi connectivity index (χ1v) is 11.2. The van der Waals surface area contributed by atoms with E-state index in [0.29, 0.717) is 29.3 Å². The zero-order valence-corrected chi connectivity index (χ0v) is 19.7. The molecule has 1 amide bonds. The fourth-order valence-corrected chi connectivity index (χ4v) is 4.82. The molecule has 0 radical (unpaired) electrons. The van der Waals surface area contributed by atoms with Crippen LogP contribution < -0.4 is 4.74 Å². The number of fused-ring (bicyclic) bond motifs is 1. The van der Waals surface area contributed by atoms with Crippen LogP contribution in [0.5, 0.6) is 5.75 Å². The second-order valence-electron chi connectivity index (χ2n) is 7.66. The Hall–Kier alpha value is -3.46. The van der Waals surface area contributed by atoms with Gasteiger partial charge in [0.1, 0.15) is 11.5 Å². The highest BCUT2D eigenvalue weighted by Gasteiger charge is 2.41. The number of aliphatic imine (C=N–C) groups is 1. The molecule has 172 valence electrons. The Kier molecular flexibility index (Phi) is 6.60. The van der Waals surface area contributed by atoms with Crippen molar-refractivity contribution in [2.45, 2.75) is 25.9 Å². The maximum atomic E-state index is 13.0. The zero-order valence-electron chi connectivity index (χ0n) is 18.9. The smallest absolute Gasteiger partial charge is 0.338 e. The van der Waals surface area contributed by atoms with E-state index in [1.165, 1.54) is 18.9 Å². The van der Waals surface area contributed by atoms with E-state index in [0.717, 1.165) is 16.4 Å². The van der Waals surface area contributed by atoms with Crippen LogP contribution in [0, 0.1) is 0 Å². The minimum atomic E-state index is -0.472. The van der Waals surface area contributed by atoms with Crippen LogP contribution in [0.25, 0.3) is 0 Å². The topological polar surface area (TPSA) is 84.6 Å². The molecule has 1 aromatic heterocycles. The summed E-state index contributed by atoms with van der Waals surface area (Å²) in [5.74, 6) is 0.904. The number of amidine groups is 1. The molecule has 0 aliphatic carbocycles. The third-order valence-corrected chi connectivity index (χ3v) is 6.46. The molecule has 0 fully saturated rings. The minimum absolute atomic E-state index is 0.0705. The van der Waals surface area contributed by atoms with Gasteiger partial charge >= 0.3 is 5.97 Å². The summed E-state index contributed by atoms with van der Waals surface area (Å²) in [4.78, 5) is 34.0. The number of allylic oxidation sites excluding steroid dienone is 1. The van der Waals surface area contributed by atoms with Gasteiger partial charge < -0.3 is 23.7 Å². The highest BCUT2D eigenvalue weighted by molar-refractivity contribution is 8.16. The molecule has 3 heterocycles. The molecular formula is C24H25N3O5S. The first-order valence-electron chi connectivity index (χ1n) is 10.4. The lowest BCUT2D eigenvalue weighted by Gasteiger charge is -2.36. The highest BCUT2D eigenvalue weighted by atomic mass is 32.2. The third-order valence-electron chi connectivity index (χ3n) is 5.57. The predicted octanol–water partition coefficient (Wildman–Crippen LogP) is 4.08. The van der Waals surface area contributed by atoms with E-state index < -0.39 is 12.0 Å². The molecule has 0 bridgehead atoms. The quantitative estimate of drug-likeness (QED) is 0.567. The SMILES string of the molecule is COC(=O)C1=C(C)N=C2SC=C(CC(=O)N(C)Cc3ccco3)N2[C@H]1c1ccc(OC)cc1. The first-order chi connectivity index (χ1) is 15.9. The first kappa shape index (κ1) is 22.7. The van der Waals surface area contributed by atoms with Crippen molar-refractivity contribution in [1.29, 1.82) is 0 Å². The molecular weight excluding hydrogens is 442 g/mol. The maximum absolute atomic E-state index is 13.0. The summed E-state index contributed by atoms with van der Waals surface area (Å²) < 4.78 is 15.7. The van der Waals surface area contributed by atoms with Crippen molar-refractivity contribution in [3.63, 3.8) is 0 Å². The number of nitrogens with zero attached hydrogens (tertiary/aromatic N) is 3. The number of esters is 1. The summed E-state index contributed by atoms with van der Waals surface area (Å²) in [6, 6.07) is 10.7. The Morgan fingerprint density at radius 1 is 1.21 bits per heavy atom. The number of hydrogen-bond donors (Lipinski definition) is 0. The Morgan fingerprint density at radius 3 is 2.61 bits per heavy atom. The molecule has 8 nitrogen and oxygen atoms in total. The average molecular weight is 468 g/mol. The number of rotatable bonds is 7. The summed E-state index contributed by atoms with van der Waals surface area (Å²) in [6.07, 6.45) is 1.74. The van der Waals surface area contributed by atoms with Crippen LogP contribution in [0.3, 0.4) is 0 Å². The van der Waals surface area contributed by atoms with Crippen molar-refractivity contribution in [3.8, 4) is 5.75 Å². The molecule has 4 rings (SSSR count). The Labute approximate surface area is 196 Å². The fourth-order valence-electron chi connectivity index (χ4n) is 3.86. The zero-order chi connectivity index (χ0) is 23.5. The third kappa shape index (κ3) is 4.54. The summed E-state index contributed by atoms with van der Waals surface area (Å²) >= 11 is 1.44. The van der Waals surface area contributed by atoms with Crippen LogP contribution in [0.2, 0.25) is 0 Å². The van der Waals surface area contributed by atoms with Crippen molar-refractivity contribution in [3.05, 3.63) is 76.4 Å². The van der Waals surface area contributed by atoms with Gasteiger partial charge in [0.2, 0.25) is 5.91 Å². The lowest BCUT2D eigenvalue weighted by Crippen LogP contribution is -2.38. The Morgan fingerprint density at radius 2 is 1.97 bits per heavy atom. The molecule has 1 aromatic carbocycles. The number of amides is 1. The number of carbonyl (C=O) groups excluding carboxylic acids is 2. The largest absolute Gasteiger partial charge is 0.497 e. The lowest BCUT2D eigenvalue weighted by molar-refractivity contribution is -0.136. The van der Waals surface area contributed by atoms with E-state index in [-0.39, 0.29) is 12.3 Å². The predicted molar refractivity (Wildman–Crippen MR) is 125 cm³/mol. The van der Waals surface area contributed by atoms with Crippen LogP contribution in [-0.4, -0.2) is 48.1 Å². The molecule has 0 spiro atoms. The molecule has 0 saturated carbocycles. The van der Waals surface area contributed by atoms with Crippen LogP contribution >= 0.6 is 11.8 Å². The van der Waals surface area contributed by atoms with Crippen LogP contribution in [0.1, 0.15) is 30.7 Å². The number of hydrogen-bond acceptors (Lipinski definition) is 8. The summed E-state index contributed by atoms with van der Waals surface area (Å²) in [5.41, 5.74) is 2.67. The number of carbonyl (C=O) groups is 2. The molecule has 2 aliphatic rings. The van der Waals surface area contributed by atoms with Gasteiger partial charge in [0.25, 0.3) is 0 Å². The number of thioether (sulfide) groups is 1.